The van der Waals surface area contributed by atoms with Crippen LogP contribution in [0.3, 0.4) is 0 Å². The molecule has 0 atom stereocenters. The first-order valence-corrected chi connectivity index (χ1v) is 9.98. The van der Waals surface area contributed by atoms with E-state index in [0.29, 0.717) is 28.9 Å². The lowest BCUT2D eigenvalue weighted by atomic mass is 10.1. The Balaban J connectivity index is 1.92. The third kappa shape index (κ3) is 3.49. The van der Waals surface area contributed by atoms with Gasteiger partial charge in [-0.1, -0.05) is 29.8 Å². The molecule has 138 valence electrons. The van der Waals surface area contributed by atoms with Crippen LogP contribution in [0.2, 0.25) is 5.02 Å². The Bertz CT molecular complexity index is 1190. The third-order valence-electron chi connectivity index (χ3n) is 4.39. The van der Waals surface area contributed by atoms with Crippen LogP contribution in [0.1, 0.15) is 0 Å². The van der Waals surface area contributed by atoms with Gasteiger partial charge in [-0.25, -0.2) is 4.98 Å². The summed E-state index contributed by atoms with van der Waals surface area (Å²) in [6.45, 7) is 2.84. The molecule has 0 fully saturated rings. The minimum absolute atomic E-state index is 0.0100. The van der Waals surface area contributed by atoms with Crippen molar-refractivity contribution in [2.45, 2.75) is 0 Å². The molecule has 4 rings (SSSR count). The highest BCUT2D eigenvalue weighted by molar-refractivity contribution is 7.25. The molecule has 4 aromatic rings. The fraction of sp³-hybridized carbons (Fsp3) is 0.200. The number of aromatic nitrogens is 1. The normalized spacial score (nSPS) is 11.5. The first-order chi connectivity index (χ1) is 13.2. The molecule has 0 amide bonds. The molecule has 0 bridgehead atoms. The molecule has 0 aliphatic carbocycles. The molecular weight excluding hydrogens is 380 g/mol. The van der Waals surface area contributed by atoms with Crippen LogP contribution in [0.15, 0.2) is 47.3 Å². The number of nitrogens with one attached hydrogen (secondary N) is 2. The fourth-order valence-corrected chi connectivity index (χ4v) is 4.46. The highest BCUT2D eigenvalue weighted by Crippen LogP contribution is 2.34. The van der Waals surface area contributed by atoms with Crippen LogP contribution in [0.25, 0.3) is 31.1 Å². The zero-order valence-corrected chi connectivity index (χ0v) is 16.2. The van der Waals surface area contributed by atoms with Crippen LogP contribution in [-0.2, 0) is 0 Å². The van der Waals surface area contributed by atoms with E-state index in [0.717, 1.165) is 39.2 Å². The van der Waals surface area contributed by atoms with E-state index in [9.17, 15) is 4.79 Å². The van der Waals surface area contributed by atoms with Crippen molar-refractivity contribution in [2.75, 3.05) is 31.5 Å². The van der Waals surface area contributed by atoms with E-state index in [1.54, 1.807) is 17.4 Å². The smallest absolute Gasteiger partial charge is 0.196 e. The van der Waals surface area contributed by atoms with Gasteiger partial charge in [-0.15, -0.1) is 11.3 Å². The van der Waals surface area contributed by atoms with E-state index in [1.165, 1.54) is 0 Å². The number of anilines is 1. The Kier molecular flexibility index (Phi) is 5.22. The van der Waals surface area contributed by atoms with Gasteiger partial charge in [0.05, 0.1) is 15.6 Å². The van der Waals surface area contributed by atoms with Crippen molar-refractivity contribution in [3.05, 3.63) is 57.7 Å². The van der Waals surface area contributed by atoms with Gasteiger partial charge in [0, 0.05) is 46.7 Å². The Hall–Kier alpha value is -2.25. The molecule has 5 nitrogen and oxygen atoms in total. The van der Waals surface area contributed by atoms with Gasteiger partial charge in [-0.05, 0) is 24.3 Å². The number of hydrogen-bond acceptors (Lipinski definition) is 6. The highest BCUT2D eigenvalue weighted by atomic mass is 35.5. The molecule has 0 spiro atoms. The number of pyridine rings is 1. The van der Waals surface area contributed by atoms with Gasteiger partial charge in [0.25, 0.3) is 0 Å². The predicted octanol–water partition coefficient (Wildman–Crippen LogP) is 3.58. The number of nitrogens with zero attached hydrogens (tertiary/aromatic N) is 1. The Morgan fingerprint density at radius 2 is 1.93 bits per heavy atom. The predicted molar refractivity (Wildman–Crippen MR) is 116 cm³/mol. The topological polar surface area (TPSA) is 80.0 Å². The van der Waals surface area contributed by atoms with Crippen LogP contribution < -0.4 is 21.8 Å². The summed E-state index contributed by atoms with van der Waals surface area (Å²) in [5.41, 5.74) is 6.29. The summed E-state index contributed by atoms with van der Waals surface area (Å²) in [6, 6.07) is 13.2. The first-order valence-electron chi connectivity index (χ1n) is 8.78. The van der Waals surface area contributed by atoms with Crippen LogP contribution in [-0.4, -0.2) is 31.2 Å². The zero-order chi connectivity index (χ0) is 18.8. The molecule has 7 heteroatoms. The van der Waals surface area contributed by atoms with Crippen LogP contribution in [0, 0.1) is 0 Å². The average Bonchev–Trinajstić information content (AvgIpc) is 2.68. The molecule has 27 heavy (non-hydrogen) atoms. The lowest BCUT2D eigenvalue weighted by Gasteiger charge is -2.12. The number of benzene rings is 2. The molecule has 2 aromatic carbocycles. The van der Waals surface area contributed by atoms with E-state index in [1.807, 2.05) is 36.4 Å². The summed E-state index contributed by atoms with van der Waals surface area (Å²) in [5, 5.41) is 9.39. The number of rotatable bonds is 6. The second kappa shape index (κ2) is 7.78. The first kappa shape index (κ1) is 18.1. The second-order valence-corrected chi connectivity index (χ2v) is 7.71. The maximum Gasteiger partial charge on any atom is 0.196 e. The van der Waals surface area contributed by atoms with E-state index in [2.05, 4.69) is 10.6 Å². The van der Waals surface area contributed by atoms with Crippen molar-refractivity contribution >= 4 is 59.8 Å². The standard InChI is InChI=1S/C20H19ClN4OS/c21-12-5-6-16-14(11-12)18(26)17-13-3-1-2-4-15(13)25-20(19(17)27-16)24-10-9-23-8-7-22/h1-6,11,23H,7-10,22H2,(H,24,25). The van der Waals surface area contributed by atoms with Gasteiger partial charge >= 0.3 is 0 Å². The number of para-hydroxylation sites is 1. The number of fused-ring (bicyclic) bond motifs is 4. The SMILES string of the molecule is NCCNCCNc1nc2ccccc2c2c(=O)c3cc(Cl)ccc3sc12. The molecule has 2 aromatic heterocycles. The zero-order valence-electron chi connectivity index (χ0n) is 14.6. The van der Waals surface area contributed by atoms with Crippen LogP contribution in [0.5, 0.6) is 0 Å². The number of hydrogen-bond donors (Lipinski definition) is 3. The molecule has 0 saturated heterocycles. The van der Waals surface area contributed by atoms with Crippen LogP contribution >= 0.6 is 22.9 Å². The van der Waals surface area contributed by atoms with Crippen molar-refractivity contribution in [3.8, 4) is 0 Å². The quantitative estimate of drug-likeness (QED) is 0.263. The highest BCUT2D eigenvalue weighted by Gasteiger charge is 2.15. The molecule has 0 aliphatic rings. The van der Waals surface area contributed by atoms with E-state index >= 15 is 0 Å². The second-order valence-electron chi connectivity index (χ2n) is 6.22. The minimum Gasteiger partial charge on any atom is -0.368 e. The Labute approximate surface area is 165 Å². The third-order valence-corrected chi connectivity index (χ3v) is 5.80. The summed E-state index contributed by atoms with van der Waals surface area (Å²) < 4.78 is 1.77. The van der Waals surface area contributed by atoms with Crippen molar-refractivity contribution in [2.24, 2.45) is 5.73 Å². The van der Waals surface area contributed by atoms with Gasteiger partial charge in [0.1, 0.15) is 5.82 Å². The Morgan fingerprint density at radius 3 is 2.78 bits per heavy atom. The van der Waals surface area contributed by atoms with Crippen molar-refractivity contribution < 1.29 is 0 Å². The van der Waals surface area contributed by atoms with Crippen LogP contribution in [0.4, 0.5) is 5.82 Å². The number of halogens is 1. The van der Waals surface area contributed by atoms with Gasteiger partial charge < -0.3 is 16.4 Å². The van der Waals surface area contributed by atoms with Crippen molar-refractivity contribution in [3.63, 3.8) is 0 Å². The van der Waals surface area contributed by atoms with Crippen molar-refractivity contribution in [1.82, 2.24) is 10.3 Å². The summed E-state index contributed by atoms with van der Waals surface area (Å²) in [7, 11) is 0. The van der Waals surface area contributed by atoms with E-state index < -0.39 is 0 Å². The van der Waals surface area contributed by atoms with Gasteiger partial charge in [0.2, 0.25) is 0 Å². The lowest BCUT2D eigenvalue weighted by Crippen LogP contribution is -2.27. The fourth-order valence-electron chi connectivity index (χ4n) is 3.15. The Morgan fingerprint density at radius 1 is 1.07 bits per heavy atom. The summed E-state index contributed by atoms with van der Waals surface area (Å²) in [4.78, 5) is 18.1. The summed E-state index contributed by atoms with van der Waals surface area (Å²) in [5.74, 6) is 0.734. The largest absolute Gasteiger partial charge is 0.368 e. The molecule has 0 aliphatic heterocycles. The van der Waals surface area contributed by atoms with Gasteiger partial charge in [-0.2, -0.15) is 0 Å². The van der Waals surface area contributed by atoms with E-state index in [4.69, 9.17) is 22.3 Å². The minimum atomic E-state index is -0.0100. The van der Waals surface area contributed by atoms with Gasteiger partial charge in [-0.3, -0.25) is 4.79 Å². The average molecular weight is 399 g/mol. The molecule has 0 radical (unpaired) electrons. The molecule has 0 unspecified atom stereocenters. The maximum atomic E-state index is 13.3. The molecule has 0 saturated carbocycles. The summed E-state index contributed by atoms with van der Waals surface area (Å²) >= 11 is 7.69. The summed E-state index contributed by atoms with van der Waals surface area (Å²) in [6.07, 6.45) is 0. The molecule has 2 heterocycles. The molecular formula is C20H19ClN4OS. The number of nitrogens with two attached hydrogens (primary N) is 1. The van der Waals surface area contributed by atoms with Crippen molar-refractivity contribution in [1.29, 1.82) is 0 Å². The lowest BCUT2D eigenvalue weighted by molar-refractivity contribution is 0.706. The van der Waals surface area contributed by atoms with E-state index in [-0.39, 0.29) is 5.43 Å². The maximum absolute atomic E-state index is 13.3. The monoisotopic (exact) mass is 398 g/mol. The van der Waals surface area contributed by atoms with Gasteiger partial charge in [0.15, 0.2) is 5.43 Å². The molecule has 4 N–H and O–H groups in total.